The van der Waals surface area contributed by atoms with Gasteiger partial charge in [-0.2, -0.15) is 13.2 Å². The van der Waals surface area contributed by atoms with Crippen molar-refractivity contribution in [1.29, 1.82) is 0 Å². The molecular formula is C16H15F3O. The van der Waals surface area contributed by atoms with Crippen LogP contribution < -0.4 is 4.74 Å². The third-order valence-electron chi connectivity index (χ3n) is 3.20. The lowest BCUT2D eigenvalue weighted by atomic mass is 10.1. The van der Waals surface area contributed by atoms with E-state index in [0.717, 1.165) is 23.3 Å². The number of hydrogen-bond acceptors (Lipinski definition) is 1. The van der Waals surface area contributed by atoms with Crippen molar-refractivity contribution in [2.24, 2.45) is 0 Å². The highest BCUT2D eigenvalue weighted by Gasteiger charge is 2.30. The molecule has 0 saturated heterocycles. The zero-order valence-corrected chi connectivity index (χ0v) is 11.3. The van der Waals surface area contributed by atoms with Crippen molar-refractivity contribution >= 4 is 0 Å². The van der Waals surface area contributed by atoms with Gasteiger partial charge in [-0.3, -0.25) is 0 Å². The van der Waals surface area contributed by atoms with E-state index in [-0.39, 0.29) is 6.61 Å². The fourth-order valence-electron chi connectivity index (χ4n) is 1.88. The maximum atomic E-state index is 12.6. The van der Waals surface area contributed by atoms with Crippen molar-refractivity contribution in [3.8, 4) is 5.75 Å². The molecule has 0 radical (unpaired) electrons. The molecule has 0 aliphatic carbocycles. The van der Waals surface area contributed by atoms with Crippen molar-refractivity contribution in [3.63, 3.8) is 0 Å². The quantitative estimate of drug-likeness (QED) is 0.777. The predicted molar refractivity (Wildman–Crippen MR) is 71.7 cm³/mol. The summed E-state index contributed by atoms with van der Waals surface area (Å²) in [5, 5.41) is 0. The molecule has 0 amide bonds. The van der Waals surface area contributed by atoms with Crippen LogP contribution in [0.5, 0.6) is 5.75 Å². The van der Waals surface area contributed by atoms with Gasteiger partial charge >= 0.3 is 6.18 Å². The Morgan fingerprint density at radius 3 is 2.40 bits per heavy atom. The first-order valence-electron chi connectivity index (χ1n) is 6.23. The van der Waals surface area contributed by atoms with Gasteiger partial charge in [0.05, 0.1) is 5.56 Å². The summed E-state index contributed by atoms with van der Waals surface area (Å²) >= 11 is 0. The van der Waals surface area contributed by atoms with Gasteiger partial charge in [0, 0.05) is 0 Å². The highest BCUT2D eigenvalue weighted by Crippen LogP contribution is 2.30. The van der Waals surface area contributed by atoms with Gasteiger partial charge in [-0.25, -0.2) is 0 Å². The fraction of sp³-hybridized carbons (Fsp3) is 0.250. The molecule has 0 bridgehead atoms. The smallest absolute Gasteiger partial charge is 0.416 e. The molecule has 4 heteroatoms. The molecular weight excluding hydrogens is 265 g/mol. The lowest BCUT2D eigenvalue weighted by Gasteiger charge is -2.12. The summed E-state index contributed by atoms with van der Waals surface area (Å²) in [7, 11) is 0. The molecule has 1 nitrogen and oxygen atoms in total. The second-order valence-electron chi connectivity index (χ2n) is 4.68. The summed E-state index contributed by atoms with van der Waals surface area (Å²) in [6.07, 6.45) is -4.32. The second-order valence-corrected chi connectivity index (χ2v) is 4.68. The standard InChI is InChI=1S/C16H15F3O/c1-11-5-3-8-15(12(11)2)20-10-13-6-4-7-14(9-13)16(17,18)19/h3-9H,10H2,1-2H3. The molecule has 0 aromatic heterocycles. The Hall–Kier alpha value is -1.97. The van der Waals surface area contributed by atoms with Crippen molar-refractivity contribution < 1.29 is 17.9 Å². The molecule has 0 spiro atoms. The number of benzene rings is 2. The van der Waals surface area contributed by atoms with Crippen LogP contribution in [0.3, 0.4) is 0 Å². The van der Waals surface area contributed by atoms with Crippen LogP contribution in [-0.2, 0) is 12.8 Å². The summed E-state index contributed by atoms with van der Waals surface area (Å²) in [5.41, 5.74) is 1.94. The minimum Gasteiger partial charge on any atom is -0.489 e. The number of hydrogen-bond donors (Lipinski definition) is 0. The summed E-state index contributed by atoms with van der Waals surface area (Å²) in [4.78, 5) is 0. The van der Waals surface area contributed by atoms with Gasteiger partial charge < -0.3 is 4.74 Å². The van der Waals surface area contributed by atoms with E-state index >= 15 is 0 Å². The summed E-state index contributed by atoms with van der Waals surface area (Å²) in [6, 6.07) is 10.8. The summed E-state index contributed by atoms with van der Waals surface area (Å²) in [5.74, 6) is 0.697. The zero-order valence-electron chi connectivity index (χ0n) is 11.3. The molecule has 0 aliphatic rings. The highest BCUT2D eigenvalue weighted by molar-refractivity contribution is 5.38. The first kappa shape index (κ1) is 14.4. The number of aryl methyl sites for hydroxylation is 1. The Morgan fingerprint density at radius 2 is 1.70 bits per heavy atom. The third kappa shape index (κ3) is 3.32. The number of halogens is 3. The first-order chi connectivity index (χ1) is 9.38. The first-order valence-corrected chi connectivity index (χ1v) is 6.23. The van der Waals surface area contributed by atoms with E-state index in [0.29, 0.717) is 11.3 Å². The Balaban J connectivity index is 2.13. The van der Waals surface area contributed by atoms with Crippen LogP contribution in [0.1, 0.15) is 22.3 Å². The van der Waals surface area contributed by atoms with Crippen LogP contribution in [0.2, 0.25) is 0 Å². The van der Waals surface area contributed by atoms with E-state index in [2.05, 4.69) is 0 Å². The number of ether oxygens (including phenoxy) is 1. The Morgan fingerprint density at radius 1 is 1.00 bits per heavy atom. The van der Waals surface area contributed by atoms with Crippen molar-refractivity contribution in [1.82, 2.24) is 0 Å². The number of rotatable bonds is 3. The lowest BCUT2D eigenvalue weighted by molar-refractivity contribution is -0.137. The minimum absolute atomic E-state index is 0.119. The molecule has 2 rings (SSSR count). The molecule has 0 aliphatic heterocycles. The van der Waals surface area contributed by atoms with Gasteiger partial charge in [0.25, 0.3) is 0 Å². The van der Waals surface area contributed by atoms with Crippen LogP contribution >= 0.6 is 0 Å². The third-order valence-corrected chi connectivity index (χ3v) is 3.20. The van der Waals surface area contributed by atoms with Gasteiger partial charge in [0.1, 0.15) is 12.4 Å². The van der Waals surface area contributed by atoms with E-state index < -0.39 is 11.7 Å². The fourth-order valence-corrected chi connectivity index (χ4v) is 1.88. The van der Waals surface area contributed by atoms with Crippen LogP contribution in [-0.4, -0.2) is 0 Å². The maximum absolute atomic E-state index is 12.6. The monoisotopic (exact) mass is 280 g/mol. The van der Waals surface area contributed by atoms with Crippen molar-refractivity contribution in [3.05, 3.63) is 64.7 Å². The lowest BCUT2D eigenvalue weighted by Crippen LogP contribution is -2.06. The van der Waals surface area contributed by atoms with E-state index in [1.807, 2.05) is 32.0 Å². The van der Waals surface area contributed by atoms with E-state index in [9.17, 15) is 13.2 Å². The summed E-state index contributed by atoms with van der Waals surface area (Å²) < 4.78 is 43.4. The minimum atomic E-state index is -4.32. The molecule has 2 aromatic carbocycles. The Kier molecular flexibility index (Phi) is 4.02. The molecule has 20 heavy (non-hydrogen) atoms. The largest absolute Gasteiger partial charge is 0.489 e. The Labute approximate surface area is 116 Å². The molecule has 106 valence electrons. The van der Waals surface area contributed by atoms with E-state index in [1.54, 1.807) is 6.07 Å². The molecule has 0 heterocycles. The van der Waals surface area contributed by atoms with Gasteiger partial charge in [0.2, 0.25) is 0 Å². The van der Waals surface area contributed by atoms with Crippen LogP contribution in [0.15, 0.2) is 42.5 Å². The number of alkyl halides is 3. The normalized spacial score (nSPS) is 11.4. The molecule has 0 atom stereocenters. The van der Waals surface area contributed by atoms with Crippen LogP contribution in [0.4, 0.5) is 13.2 Å². The van der Waals surface area contributed by atoms with Gasteiger partial charge in [-0.15, -0.1) is 0 Å². The average molecular weight is 280 g/mol. The maximum Gasteiger partial charge on any atom is 0.416 e. The topological polar surface area (TPSA) is 9.23 Å². The predicted octanol–water partition coefficient (Wildman–Crippen LogP) is 4.90. The Bertz CT molecular complexity index is 603. The molecule has 0 N–H and O–H groups in total. The van der Waals surface area contributed by atoms with Crippen molar-refractivity contribution in [2.75, 3.05) is 0 Å². The van der Waals surface area contributed by atoms with Crippen LogP contribution in [0.25, 0.3) is 0 Å². The molecule has 0 unspecified atom stereocenters. The molecule has 0 fully saturated rings. The zero-order chi connectivity index (χ0) is 14.8. The van der Waals surface area contributed by atoms with Gasteiger partial charge in [0.15, 0.2) is 0 Å². The van der Waals surface area contributed by atoms with E-state index in [4.69, 9.17) is 4.74 Å². The van der Waals surface area contributed by atoms with Crippen molar-refractivity contribution in [2.45, 2.75) is 26.6 Å². The van der Waals surface area contributed by atoms with E-state index in [1.165, 1.54) is 6.07 Å². The van der Waals surface area contributed by atoms with Crippen LogP contribution in [0, 0.1) is 13.8 Å². The summed E-state index contributed by atoms with van der Waals surface area (Å²) in [6.45, 7) is 4.01. The molecule has 0 saturated carbocycles. The average Bonchev–Trinajstić information content (AvgIpc) is 2.40. The highest BCUT2D eigenvalue weighted by atomic mass is 19.4. The van der Waals surface area contributed by atoms with Gasteiger partial charge in [-0.05, 0) is 48.7 Å². The SMILES string of the molecule is Cc1cccc(OCc2cccc(C(F)(F)F)c2)c1C. The second kappa shape index (κ2) is 5.57. The molecule has 2 aromatic rings. The van der Waals surface area contributed by atoms with Gasteiger partial charge in [-0.1, -0.05) is 24.3 Å².